The highest BCUT2D eigenvalue weighted by Gasteiger charge is 2.33. The van der Waals surface area contributed by atoms with Gasteiger partial charge in [0.1, 0.15) is 17.3 Å². The van der Waals surface area contributed by atoms with Gasteiger partial charge in [-0.15, -0.1) is 0 Å². The Kier molecular flexibility index (Phi) is 9.93. The summed E-state index contributed by atoms with van der Waals surface area (Å²) in [6.07, 6.45) is 6.13. The van der Waals surface area contributed by atoms with Crippen LogP contribution in [0.1, 0.15) is 78.2 Å². The first-order valence-corrected chi connectivity index (χ1v) is 13.3. The van der Waals surface area contributed by atoms with Crippen LogP contribution in [0.4, 0.5) is 10.5 Å². The molecule has 1 unspecified atom stereocenters. The number of hydrogen-bond acceptors (Lipinski definition) is 7. The molecule has 1 saturated carbocycles. The SMILES string of the molecule is COC(=O)[C@H](C[C@@H]1CCNC1=O)NC(=O)CC[C@@H]1CCCCC1n1cccc(NC(=O)OC(C)(C)C)c1=O. The number of hydrogen-bond donors (Lipinski definition) is 3. The van der Waals surface area contributed by atoms with E-state index in [0.29, 0.717) is 19.4 Å². The fraction of sp³-hybridized carbons (Fsp3) is 0.667. The Bertz CT molecular complexity index is 1080. The number of carbonyl (C=O) groups excluding carboxylic acids is 4. The average molecular weight is 533 g/mol. The molecule has 11 nitrogen and oxygen atoms in total. The zero-order chi connectivity index (χ0) is 27.9. The quantitative estimate of drug-likeness (QED) is 0.415. The van der Waals surface area contributed by atoms with Crippen LogP contribution >= 0.6 is 0 Å². The van der Waals surface area contributed by atoms with Crippen molar-refractivity contribution in [2.75, 3.05) is 19.0 Å². The van der Waals surface area contributed by atoms with Crippen LogP contribution in [-0.4, -0.2) is 53.7 Å². The Hall–Kier alpha value is -3.37. The number of carbonyl (C=O) groups is 4. The summed E-state index contributed by atoms with van der Waals surface area (Å²) in [6, 6.07) is 2.25. The second-order valence-corrected chi connectivity index (χ2v) is 11.1. The number of esters is 1. The van der Waals surface area contributed by atoms with E-state index in [9.17, 15) is 24.0 Å². The summed E-state index contributed by atoms with van der Waals surface area (Å²) in [5.74, 6) is -1.26. The van der Waals surface area contributed by atoms with Gasteiger partial charge in [0.15, 0.2) is 0 Å². The highest BCUT2D eigenvalue weighted by atomic mass is 16.6. The first-order valence-electron chi connectivity index (χ1n) is 13.3. The van der Waals surface area contributed by atoms with Gasteiger partial charge in [0.05, 0.1) is 7.11 Å². The summed E-state index contributed by atoms with van der Waals surface area (Å²) in [7, 11) is 1.26. The Morgan fingerprint density at radius 1 is 1.16 bits per heavy atom. The summed E-state index contributed by atoms with van der Waals surface area (Å²) in [6.45, 7) is 5.80. The third-order valence-corrected chi connectivity index (χ3v) is 7.08. The molecule has 3 rings (SSSR count). The Balaban J connectivity index is 1.64. The third-order valence-electron chi connectivity index (χ3n) is 7.08. The number of aromatic nitrogens is 1. The molecule has 2 fully saturated rings. The molecule has 4 atom stereocenters. The number of methoxy groups -OCH3 is 1. The molecule has 1 aromatic rings. The van der Waals surface area contributed by atoms with Crippen molar-refractivity contribution < 1.29 is 28.7 Å². The number of amides is 3. The predicted octanol–water partition coefficient (Wildman–Crippen LogP) is 2.89. The van der Waals surface area contributed by atoms with Crippen LogP contribution in [0, 0.1) is 11.8 Å². The number of rotatable bonds is 9. The first kappa shape index (κ1) is 29.2. The molecule has 0 radical (unpaired) electrons. The molecule has 0 bridgehead atoms. The van der Waals surface area contributed by atoms with Gasteiger partial charge >= 0.3 is 12.1 Å². The average Bonchev–Trinajstić information content (AvgIpc) is 3.26. The van der Waals surface area contributed by atoms with Crippen LogP contribution in [-0.2, 0) is 23.9 Å². The monoisotopic (exact) mass is 532 g/mol. The van der Waals surface area contributed by atoms with E-state index in [1.165, 1.54) is 7.11 Å². The van der Waals surface area contributed by atoms with Gasteiger partial charge in [-0.3, -0.25) is 19.7 Å². The normalized spacial score (nSPS) is 22.2. The molecule has 1 aromatic heterocycles. The fourth-order valence-electron chi connectivity index (χ4n) is 5.26. The summed E-state index contributed by atoms with van der Waals surface area (Å²) < 4.78 is 11.8. The lowest BCUT2D eigenvalue weighted by Crippen LogP contribution is -2.43. The van der Waals surface area contributed by atoms with Crippen molar-refractivity contribution in [1.29, 1.82) is 0 Å². The summed E-state index contributed by atoms with van der Waals surface area (Å²) in [5.41, 5.74) is -0.871. The molecule has 1 saturated heterocycles. The summed E-state index contributed by atoms with van der Waals surface area (Å²) >= 11 is 0. The molecule has 2 heterocycles. The standard InChI is InChI=1S/C27H40N4O7/c1-27(2,3)38-26(36)30-19-9-7-15-31(24(19)34)21-10-6-5-8-17(21)11-12-22(32)29-20(25(35)37-4)16-18-13-14-28-23(18)33/h7,9,15,17-18,20-21H,5-6,8,10-14,16H2,1-4H3,(H,28,33)(H,29,32)(H,30,36)/t17-,18-,20-,21?/m0/s1. The predicted molar refractivity (Wildman–Crippen MR) is 140 cm³/mol. The van der Waals surface area contributed by atoms with Crippen LogP contribution in [0.2, 0.25) is 0 Å². The second kappa shape index (κ2) is 12.9. The molecule has 210 valence electrons. The zero-order valence-electron chi connectivity index (χ0n) is 22.7. The number of nitrogens with one attached hydrogen (secondary N) is 3. The second-order valence-electron chi connectivity index (χ2n) is 11.1. The van der Waals surface area contributed by atoms with Gasteiger partial charge in [-0.05, 0) is 70.9 Å². The van der Waals surface area contributed by atoms with Gasteiger partial charge in [-0.2, -0.15) is 0 Å². The van der Waals surface area contributed by atoms with Crippen LogP contribution in [0.25, 0.3) is 0 Å². The van der Waals surface area contributed by atoms with E-state index in [4.69, 9.17) is 9.47 Å². The van der Waals surface area contributed by atoms with E-state index in [0.717, 1.165) is 25.7 Å². The summed E-state index contributed by atoms with van der Waals surface area (Å²) in [4.78, 5) is 62.5. The fourth-order valence-corrected chi connectivity index (χ4v) is 5.26. The van der Waals surface area contributed by atoms with Crippen LogP contribution in [0.15, 0.2) is 23.1 Å². The molecule has 0 spiro atoms. The van der Waals surface area contributed by atoms with Gasteiger partial charge in [-0.1, -0.05) is 12.8 Å². The van der Waals surface area contributed by atoms with Crippen LogP contribution < -0.4 is 21.5 Å². The van der Waals surface area contributed by atoms with E-state index in [1.54, 1.807) is 43.7 Å². The van der Waals surface area contributed by atoms with Gasteiger partial charge < -0.3 is 24.7 Å². The molecule has 11 heteroatoms. The topological polar surface area (TPSA) is 145 Å². The van der Waals surface area contributed by atoms with Gasteiger partial charge in [0, 0.05) is 31.1 Å². The van der Waals surface area contributed by atoms with E-state index >= 15 is 0 Å². The maximum Gasteiger partial charge on any atom is 0.412 e. The lowest BCUT2D eigenvalue weighted by atomic mass is 9.81. The van der Waals surface area contributed by atoms with Gasteiger partial charge in [-0.25, -0.2) is 9.59 Å². The van der Waals surface area contributed by atoms with Crippen molar-refractivity contribution >= 4 is 29.6 Å². The zero-order valence-corrected chi connectivity index (χ0v) is 22.7. The third kappa shape index (κ3) is 8.06. The minimum absolute atomic E-state index is 0.0705. The van der Waals surface area contributed by atoms with Crippen molar-refractivity contribution in [3.63, 3.8) is 0 Å². The van der Waals surface area contributed by atoms with E-state index in [1.807, 2.05) is 0 Å². The molecule has 1 aliphatic carbocycles. The minimum Gasteiger partial charge on any atom is -0.467 e. The molecular formula is C27H40N4O7. The maximum atomic E-state index is 13.2. The number of nitrogens with zero attached hydrogens (tertiary/aromatic N) is 1. The number of ether oxygens (including phenoxy) is 2. The van der Waals surface area contributed by atoms with Crippen LogP contribution in [0.5, 0.6) is 0 Å². The first-order chi connectivity index (χ1) is 18.0. The molecule has 3 amide bonds. The smallest absolute Gasteiger partial charge is 0.412 e. The van der Waals surface area contributed by atoms with E-state index < -0.39 is 23.7 Å². The van der Waals surface area contributed by atoms with Gasteiger partial charge in [0.25, 0.3) is 5.56 Å². The lowest BCUT2D eigenvalue weighted by molar-refractivity contribution is -0.145. The van der Waals surface area contributed by atoms with Crippen molar-refractivity contribution in [2.24, 2.45) is 11.8 Å². The van der Waals surface area contributed by atoms with Gasteiger partial charge in [0.2, 0.25) is 11.8 Å². The Labute approximate surface area is 223 Å². The largest absolute Gasteiger partial charge is 0.467 e. The van der Waals surface area contributed by atoms with Crippen LogP contribution in [0.3, 0.4) is 0 Å². The van der Waals surface area contributed by atoms with Crippen molar-refractivity contribution in [2.45, 2.75) is 89.8 Å². The summed E-state index contributed by atoms with van der Waals surface area (Å²) in [5, 5.41) is 8.04. The molecule has 0 aromatic carbocycles. The molecule has 38 heavy (non-hydrogen) atoms. The molecule has 3 N–H and O–H groups in total. The Morgan fingerprint density at radius 2 is 1.89 bits per heavy atom. The van der Waals surface area contributed by atoms with E-state index in [2.05, 4.69) is 16.0 Å². The van der Waals surface area contributed by atoms with Crippen molar-refractivity contribution in [3.8, 4) is 0 Å². The van der Waals surface area contributed by atoms with Crippen molar-refractivity contribution in [1.82, 2.24) is 15.2 Å². The minimum atomic E-state index is -0.887. The molecule has 2 aliphatic rings. The number of pyridine rings is 1. The lowest BCUT2D eigenvalue weighted by Gasteiger charge is -2.33. The highest BCUT2D eigenvalue weighted by Crippen LogP contribution is 2.36. The number of anilines is 1. The maximum absolute atomic E-state index is 13.2. The molecule has 1 aliphatic heterocycles. The van der Waals surface area contributed by atoms with E-state index in [-0.39, 0.29) is 53.8 Å². The van der Waals surface area contributed by atoms with Crippen molar-refractivity contribution in [3.05, 3.63) is 28.7 Å². The Morgan fingerprint density at radius 3 is 2.55 bits per heavy atom. The molecular weight excluding hydrogens is 492 g/mol. The highest BCUT2D eigenvalue weighted by molar-refractivity contribution is 5.86.